The van der Waals surface area contributed by atoms with E-state index in [1.54, 1.807) is 6.92 Å². The molecule has 1 saturated heterocycles. The van der Waals surface area contributed by atoms with Crippen LogP contribution >= 0.6 is 11.3 Å². The third-order valence-electron chi connectivity index (χ3n) is 4.38. The first-order chi connectivity index (χ1) is 12.1. The van der Waals surface area contributed by atoms with Gasteiger partial charge in [0.25, 0.3) is 5.91 Å². The minimum absolute atomic E-state index is 0.103. The predicted octanol–water partition coefficient (Wildman–Crippen LogP) is 2.48. The van der Waals surface area contributed by atoms with Crippen LogP contribution in [0.1, 0.15) is 40.0 Å². The lowest BCUT2D eigenvalue weighted by Crippen LogP contribution is -2.40. The van der Waals surface area contributed by atoms with Crippen molar-refractivity contribution in [2.45, 2.75) is 32.7 Å². The molecule has 8 nitrogen and oxygen atoms in total. The maximum absolute atomic E-state index is 12.7. The predicted molar refractivity (Wildman–Crippen MR) is 91.3 cm³/mol. The van der Waals surface area contributed by atoms with E-state index in [0.29, 0.717) is 24.0 Å². The molecule has 25 heavy (non-hydrogen) atoms. The van der Waals surface area contributed by atoms with Crippen LogP contribution in [0.4, 0.5) is 0 Å². The van der Waals surface area contributed by atoms with Gasteiger partial charge in [-0.3, -0.25) is 4.79 Å². The monoisotopic (exact) mass is 358 g/mol. The molecule has 3 aromatic rings. The summed E-state index contributed by atoms with van der Waals surface area (Å²) in [5, 5.41) is 14.2. The van der Waals surface area contributed by atoms with E-state index < -0.39 is 0 Å². The zero-order chi connectivity index (χ0) is 17.4. The van der Waals surface area contributed by atoms with Crippen molar-refractivity contribution in [1.29, 1.82) is 0 Å². The van der Waals surface area contributed by atoms with Crippen molar-refractivity contribution in [3.63, 3.8) is 0 Å². The number of hydrogen-bond donors (Lipinski definition) is 0. The Morgan fingerprint density at radius 3 is 3.00 bits per heavy atom. The molecule has 0 N–H and O–H groups in total. The second kappa shape index (κ2) is 6.40. The second-order valence-corrected chi connectivity index (χ2v) is 7.12. The number of amides is 1. The highest BCUT2D eigenvalue weighted by Gasteiger charge is 2.28. The summed E-state index contributed by atoms with van der Waals surface area (Å²) in [5.41, 5.74) is 1.61. The van der Waals surface area contributed by atoms with Gasteiger partial charge in [0, 0.05) is 20.0 Å². The number of piperidine rings is 1. The van der Waals surface area contributed by atoms with Crippen LogP contribution in [0.15, 0.2) is 22.2 Å². The molecule has 1 atom stereocenters. The summed E-state index contributed by atoms with van der Waals surface area (Å²) < 4.78 is 6.79. The van der Waals surface area contributed by atoms with Crippen molar-refractivity contribution in [1.82, 2.24) is 30.0 Å². The first-order valence-corrected chi connectivity index (χ1v) is 9.05. The molecule has 0 radical (unpaired) electrons. The van der Waals surface area contributed by atoms with E-state index in [2.05, 4.69) is 20.5 Å². The number of thiophene rings is 1. The number of hydrogen-bond acceptors (Lipinski definition) is 7. The number of rotatable bonds is 3. The number of aryl methyl sites for hydroxylation is 2. The molecule has 3 aromatic heterocycles. The third kappa shape index (κ3) is 3.07. The van der Waals surface area contributed by atoms with Crippen molar-refractivity contribution >= 4 is 17.2 Å². The smallest absolute Gasteiger partial charge is 0.264 e. The lowest BCUT2D eigenvalue weighted by atomic mass is 10.1. The van der Waals surface area contributed by atoms with E-state index in [-0.39, 0.29) is 11.9 Å². The van der Waals surface area contributed by atoms with Gasteiger partial charge >= 0.3 is 0 Å². The lowest BCUT2D eigenvalue weighted by molar-refractivity contribution is 0.0676. The minimum Gasteiger partial charge on any atom is -0.339 e. The van der Waals surface area contributed by atoms with Gasteiger partial charge in [-0.25, -0.2) is 4.68 Å². The Kier molecular flexibility index (Phi) is 4.08. The Morgan fingerprint density at radius 1 is 1.40 bits per heavy atom. The molecular formula is C16H18N6O2S. The second-order valence-electron chi connectivity index (χ2n) is 6.20. The van der Waals surface area contributed by atoms with Crippen LogP contribution in [0.3, 0.4) is 0 Å². The molecule has 130 valence electrons. The number of nitrogens with zero attached hydrogens (tertiary/aromatic N) is 6. The van der Waals surface area contributed by atoms with Crippen molar-refractivity contribution in [3.8, 4) is 11.5 Å². The summed E-state index contributed by atoms with van der Waals surface area (Å²) in [6.45, 7) is 5.11. The summed E-state index contributed by atoms with van der Waals surface area (Å²) >= 11 is 1.50. The number of likely N-dealkylation sites (tertiary alicyclic amines) is 1. The van der Waals surface area contributed by atoms with Gasteiger partial charge in [-0.2, -0.15) is 4.98 Å². The maximum Gasteiger partial charge on any atom is 0.264 e. The van der Waals surface area contributed by atoms with Gasteiger partial charge in [0.05, 0.1) is 17.1 Å². The van der Waals surface area contributed by atoms with Gasteiger partial charge in [-0.1, -0.05) is 10.4 Å². The van der Waals surface area contributed by atoms with E-state index in [1.807, 2.05) is 34.1 Å². The molecule has 0 spiro atoms. The highest BCUT2D eigenvalue weighted by Crippen LogP contribution is 2.26. The average molecular weight is 358 g/mol. The molecular weight excluding hydrogens is 340 g/mol. The normalized spacial score (nSPS) is 17.8. The average Bonchev–Trinajstić information content (AvgIpc) is 3.35. The molecule has 4 rings (SSSR count). The molecule has 1 aliphatic heterocycles. The fourth-order valence-electron chi connectivity index (χ4n) is 3.05. The summed E-state index contributed by atoms with van der Waals surface area (Å²) in [7, 11) is 0. The lowest BCUT2D eigenvalue weighted by Gasteiger charge is -2.32. The van der Waals surface area contributed by atoms with Crippen LogP contribution in [0.2, 0.25) is 0 Å². The molecule has 0 saturated carbocycles. The van der Waals surface area contributed by atoms with Gasteiger partial charge in [-0.15, -0.1) is 16.4 Å². The Balaban J connectivity index is 1.51. The topological polar surface area (TPSA) is 89.9 Å². The van der Waals surface area contributed by atoms with Crippen LogP contribution in [-0.4, -0.2) is 49.0 Å². The quantitative estimate of drug-likeness (QED) is 0.714. The SMILES string of the molecule is Cc1nc(-c2cn(C3CCCN(C(=O)c4sccc4C)C3)nn2)no1. The molecule has 1 amide bonds. The Bertz CT molecular complexity index is 898. The molecule has 0 aliphatic carbocycles. The van der Waals surface area contributed by atoms with Gasteiger partial charge in [0.15, 0.2) is 5.69 Å². The fourth-order valence-corrected chi connectivity index (χ4v) is 3.94. The van der Waals surface area contributed by atoms with Gasteiger partial charge in [-0.05, 0) is 36.8 Å². The van der Waals surface area contributed by atoms with E-state index in [4.69, 9.17) is 4.52 Å². The summed E-state index contributed by atoms with van der Waals surface area (Å²) in [4.78, 5) is 19.6. The molecule has 9 heteroatoms. The van der Waals surface area contributed by atoms with E-state index in [1.165, 1.54) is 11.3 Å². The van der Waals surface area contributed by atoms with Crippen molar-refractivity contribution in [2.75, 3.05) is 13.1 Å². The Hall–Kier alpha value is -2.55. The largest absolute Gasteiger partial charge is 0.339 e. The van der Waals surface area contributed by atoms with E-state index in [0.717, 1.165) is 29.8 Å². The zero-order valence-electron chi connectivity index (χ0n) is 14.0. The van der Waals surface area contributed by atoms with Crippen molar-refractivity contribution in [3.05, 3.63) is 34.0 Å². The summed E-state index contributed by atoms with van der Waals surface area (Å²) in [6, 6.07) is 2.09. The van der Waals surface area contributed by atoms with E-state index in [9.17, 15) is 4.79 Å². The molecule has 1 aliphatic rings. The Labute approximate surface area is 148 Å². The molecule has 1 unspecified atom stereocenters. The summed E-state index contributed by atoms with van der Waals surface area (Å²) in [5.74, 6) is 1.03. The third-order valence-corrected chi connectivity index (χ3v) is 5.39. The molecule has 4 heterocycles. The maximum atomic E-state index is 12.7. The standard InChI is InChI=1S/C16H18N6O2S/c1-10-5-7-25-14(10)16(23)21-6-3-4-12(8-21)22-9-13(18-20-22)15-17-11(2)24-19-15/h5,7,9,12H,3-4,6,8H2,1-2H3. The number of carbonyl (C=O) groups is 1. The zero-order valence-corrected chi connectivity index (χ0v) is 14.9. The molecule has 0 bridgehead atoms. The summed E-state index contributed by atoms with van der Waals surface area (Å²) in [6.07, 6.45) is 3.72. The van der Waals surface area contributed by atoms with Gasteiger partial charge in [0.2, 0.25) is 11.7 Å². The van der Waals surface area contributed by atoms with Crippen LogP contribution < -0.4 is 0 Å². The number of carbonyl (C=O) groups excluding carboxylic acids is 1. The highest BCUT2D eigenvalue weighted by molar-refractivity contribution is 7.12. The number of aromatic nitrogens is 5. The Morgan fingerprint density at radius 2 is 2.28 bits per heavy atom. The van der Waals surface area contributed by atoms with Crippen molar-refractivity contribution in [2.24, 2.45) is 0 Å². The van der Waals surface area contributed by atoms with Crippen LogP contribution in [0, 0.1) is 13.8 Å². The molecule has 1 fully saturated rings. The van der Waals surface area contributed by atoms with Crippen LogP contribution in [0.5, 0.6) is 0 Å². The van der Waals surface area contributed by atoms with E-state index >= 15 is 0 Å². The first-order valence-electron chi connectivity index (χ1n) is 8.17. The van der Waals surface area contributed by atoms with Crippen molar-refractivity contribution < 1.29 is 9.32 Å². The van der Waals surface area contributed by atoms with Gasteiger partial charge in [0.1, 0.15) is 0 Å². The van der Waals surface area contributed by atoms with Crippen LogP contribution in [0.25, 0.3) is 11.5 Å². The van der Waals surface area contributed by atoms with Crippen LogP contribution in [-0.2, 0) is 0 Å². The fraction of sp³-hybridized carbons (Fsp3) is 0.438. The minimum atomic E-state index is 0.103. The highest BCUT2D eigenvalue weighted by atomic mass is 32.1. The molecule has 0 aromatic carbocycles. The van der Waals surface area contributed by atoms with Gasteiger partial charge < -0.3 is 9.42 Å². The first kappa shape index (κ1) is 15.9.